The number of fused-ring (bicyclic) bond motifs is 1. The van der Waals surface area contributed by atoms with Crippen molar-refractivity contribution < 1.29 is 0 Å². The van der Waals surface area contributed by atoms with E-state index in [1.165, 1.54) is 0 Å². The number of para-hydroxylation sites is 1. The van der Waals surface area contributed by atoms with Crippen LogP contribution in [0.4, 0.5) is 0 Å². The zero-order valence-electron chi connectivity index (χ0n) is 10.9. The average molecular weight is 283 g/mol. The summed E-state index contributed by atoms with van der Waals surface area (Å²) in [4.78, 5) is 19.8. The molecular formula is C15H13N3OS. The number of pyridine rings is 1. The van der Waals surface area contributed by atoms with Crippen molar-refractivity contribution in [2.45, 2.75) is 13.0 Å². The summed E-state index contributed by atoms with van der Waals surface area (Å²) in [7, 11) is 0. The fourth-order valence-corrected chi connectivity index (χ4v) is 2.65. The lowest BCUT2D eigenvalue weighted by molar-refractivity contribution is 0.598. The molecule has 2 heterocycles. The Morgan fingerprint density at radius 1 is 1.25 bits per heavy atom. The van der Waals surface area contributed by atoms with E-state index < -0.39 is 0 Å². The first-order valence-electron chi connectivity index (χ1n) is 6.32. The highest BCUT2D eigenvalue weighted by Gasteiger charge is 2.13. The van der Waals surface area contributed by atoms with Gasteiger partial charge in [0.05, 0.1) is 16.9 Å². The van der Waals surface area contributed by atoms with Crippen molar-refractivity contribution >= 4 is 23.1 Å². The van der Waals surface area contributed by atoms with E-state index in [1.807, 2.05) is 37.3 Å². The van der Waals surface area contributed by atoms with Gasteiger partial charge in [-0.15, -0.1) is 0 Å². The second-order valence-corrected chi connectivity index (χ2v) is 5.00. The van der Waals surface area contributed by atoms with Gasteiger partial charge >= 0.3 is 0 Å². The molecule has 0 aliphatic rings. The number of benzene rings is 1. The molecule has 1 N–H and O–H groups in total. The molecule has 100 valence electrons. The Bertz CT molecular complexity index is 867. The Labute approximate surface area is 120 Å². The van der Waals surface area contributed by atoms with Gasteiger partial charge in [0.25, 0.3) is 5.56 Å². The van der Waals surface area contributed by atoms with Crippen LogP contribution >= 0.6 is 12.2 Å². The molecule has 0 amide bonds. The molecule has 0 saturated carbocycles. The molecule has 2 aromatic heterocycles. The van der Waals surface area contributed by atoms with Crippen molar-refractivity contribution in [2.75, 3.05) is 0 Å². The maximum atomic E-state index is 12.6. The van der Waals surface area contributed by atoms with Crippen molar-refractivity contribution in [3.8, 4) is 0 Å². The van der Waals surface area contributed by atoms with Crippen molar-refractivity contribution in [3.05, 3.63) is 69.5 Å². The van der Waals surface area contributed by atoms with Crippen molar-refractivity contribution in [1.82, 2.24) is 14.5 Å². The number of rotatable bonds is 2. The summed E-state index contributed by atoms with van der Waals surface area (Å²) >= 11 is 5.33. The van der Waals surface area contributed by atoms with Crippen LogP contribution < -0.4 is 5.56 Å². The molecule has 1 aromatic carbocycles. The summed E-state index contributed by atoms with van der Waals surface area (Å²) < 4.78 is 2.01. The molecule has 0 fully saturated rings. The summed E-state index contributed by atoms with van der Waals surface area (Å²) in [6, 6.07) is 11.0. The number of H-pyrrole nitrogens is 1. The minimum Gasteiger partial charge on any atom is -0.332 e. The Morgan fingerprint density at radius 2 is 2.05 bits per heavy atom. The molecule has 1 unspecified atom stereocenters. The van der Waals surface area contributed by atoms with Gasteiger partial charge in [-0.25, -0.2) is 0 Å². The molecule has 0 aliphatic heterocycles. The monoisotopic (exact) mass is 283 g/mol. The fraction of sp³-hybridized carbons (Fsp3) is 0.133. The highest BCUT2D eigenvalue weighted by Crippen LogP contribution is 2.16. The molecule has 4 nitrogen and oxygen atoms in total. The van der Waals surface area contributed by atoms with Crippen molar-refractivity contribution in [2.24, 2.45) is 0 Å². The number of hydrogen-bond donors (Lipinski definition) is 1. The van der Waals surface area contributed by atoms with Crippen LogP contribution in [0.5, 0.6) is 0 Å². The van der Waals surface area contributed by atoms with Gasteiger partial charge in [0.2, 0.25) is 0 Å². The average Bonchev–Trinajstić information content (AvgIpc) is 2.48. The SMILES string of the molecule is CC(c1cccnc1)n1c(=S)[nH]c2ccccc2c1=O. The van der Waals surface area contributed by atoms with Crippen LogP contribution in [-0.2, 0) is 0 Å². The van der Waals surface area contributed by atoms with E-state index in [2.05, 4.69) is 9.97 Å². The maximum absolute atomic E-state index is 12.6. The van der Waals surface area contributed by atoms with Crippen LogP contribution in [0.25, 0.3) is 10.9 Å². The largest absolute Gasteiger partial charge is 0.332 e. The number of aromatic nitrogens is 3. The van der Waals surface area contributed by atoms with Crippen LogP contribution in [0, 0.1) is 4.77 Å². The maximum Gasteiger partial charge on any atom is 0.262 e. The van der Waals surface area contributed by atoms with E-state index in [0.717, 1.165) is 11.1 Å². The molecule has 0 aliphatic carbocycles. The first kappa shape index (κ1) is 12.7. The highest BCUT2D eigenvalue weighted by molar-refractivity contribution is 7.71. The summed E-state index contributed by atoms with van der Waals surface area (Å²) in [5.74, 6) is 0. The first-order valence-corrected chi connectivity index (χ1v) is 6.73. The molecule has 0 spiro atoms. The first-order chi connectivity index (χ1) is 9.68. The zero-order valence-corrected chi connectivity index (χ0v) is 11.7. The lowest BCUT2D eigenvalue weighted by atomic mass is 10.1. The quantitative estimate of drug-likeness (QED) is 0.735. The second-order valence-electron chi connectivity index (χ2n) is 4.61. The number of nitrogens with zero attached hydrogens (tertiary/aromatic N) is 2. The van der Waals surface area contributed by atoms with Gasteiger partial charge in [0.1, 0.15) is 0 Å². The molecule has 5 heteroatoms. The Kier molecular flexibility index (Phi) is 3.20. The normalized spacial score (nSPS) is 12.4. The summed E-state index contributed by atoms with van der Waals surface area (Å²) in [5.41, 5.74) is 1.63. The Morgan fingerprint density at radius 3 is 2.80 bits per heavy atom. The van der Waals surface area contributed by atoms with Crippen LogP contribution in [0.2, 0.25) is 0 Å². The minimum absolute atomic E-state index is 0.0827. The fourth-order valence-electron chi connectivity index (χ4n) is 2.30. The molecular weight excluding hydrogens is 270 g/mol. The topological polar surface area (TPSA) is 50.7 Å². The van der Waals surface area contributed by atoms with Gasteiger partial charge in [-0.2, -0.15) is 0 Å². The molecule has 1 atom stereocenters. The van der Waals surface area contributed by atoms with E-state index in [9.17, 15) is 4.79 Å². The van der Waals surface area contributed by atoms with E-state index in [4.69, 9.17) is 12.2 Å². The van der Waals surface area contributed by atoms with E-state index in [1.54, 1.807) is 23.0 Å². The third-order valence-corrected chi connectivity index (χ3v) is 3.69. The molecule has 0 bridgehead atoms. The molecule has 0 radical (unpaired) electrons. The van der Waals surface area contributed by atoms with Crippen LogP contribution in [-0.4, -0.2) is 14.5 Å². The van der Waals surface area contributed by atoms with Gasteiger partial charge in [0.15, 0.2) is 4.77 Å². The molecule has 3 rings (SSSR count). The van der Waals surface area contributed by atoms with Gasteiger partial charge in [0, 0.05) is 12.4 Å². The summed E-state index contributed by atoms with van der Waals surface area (Å²) in [5, 5.41) is 0.636. The predicted molar refractivity (Wildman–Crippen MR) is 81.4 cm³/mol. The number of nitrogens with one attached hydrogen (secondary N) is 1. The molecule has 0 saturated heterocycles. The smallest absolute Gasteiger partial charge is 0.262 e. The third-order valence-electron chi connectivity index (χ3n) is 3.39. The van der Waals surface area contributed by atoms with Gasteiger partial charge in [-0.1, -0.05) is 18.2 Å². The predicted octanol–water partition coefficient (Wildman–Crippen LogP) is 3.06. The number of hydrogen-bond acceptors (Lipinski definition) is 3. The van der Waals surface area contributed by atoms with Crippen LogP contribution in [0.3, 0.4) is 0 Å². The van der Waals surface area contributed by atoms with E-state index in [-0.39, 0.29) is 11.6 Å². The number of aromatic amines is 1. The van der Waals surface area contributed by atoms with E-state index >= 15 is 0 Å². The van der Waals surface area contributed by atoms with Gasteiger partial charge in [-0.3, -0.25) is 14.3 Å². The minimum atomic E-state index is -0.162. The second kappa shape index (κ2) is 5.02. The van der Waals surface area contributed by atoms with Gasteiger partial charge in [-0.05, 0) is 42.9 Å². The van der Waals surface area contributed by atoms with Crippen molar-refractivity contribution in [1.29, 1.82) is 0 Å². The zero-order chi connectivity index (χ0) is 14.1. The van der Waals surface area contributed by atoms with Crippen LogP contribution in [0.1, 0.15) is 18.5 Å². The lowest BCUT2D eigenvalue weighted by Crippen LogP contribution is -2.25. The molecule has 3 aromatic rings. The Balaban J connectivity index is 2.27. The standard InChI is InChI=1S/C15H13N3OS/c1-10(11-5-4-8-16-9-11)18-14(19)12-6-2-3-7-13(12)17-15(18)20/h2-10H,1H3,(H,17,20). The summed E-state index contributed by atoms with van der Waals surface area (Å²) in [6.45, 7) is 1.94. The highest BCUT2D eigenvalue weighted by atomic mass is 32.1. The van der Waals surface area contributed by atoms with Gasteiger partial charge < -0.3 is 4.98 Å². The third kappa shape index (κ3) is 2.06. The van der Waals surface area contributed by atoms with Crippen LogP contribution in [0.15, 0.2) is 53.6 Å². The van der Waals surface area contributed by atoms with E-state index in [0.29, 0.717) is 10.2 Å². The Hall–Kier alpha value is -2.27. The summed E-state index contributed by atoms with van der Waals surface area (Å²) in [6.07, 6.45) is 3.46. The van der Waals surface area contributed by atoms with Crippen molar-refractivity contribution in [3.63, 3.8) is 0 Å². The lowest BCUT2D eigenvalue weighted by Gasteiger charge is -2.16. The molecule has 20 heavy (non-hydrogen) atoms.